The van der Waals surface area contributed by atoms with Gasteiger partial charge in [0, 0.05) is 19.3 Å². The van der Waals surface area contributed by atoms with Crippen LogP contribution in [0.1, 0.15) is 5.56 Å². The summed E-state index contributed by atoms with van der Waals surface area (Å²) in [7, 11) is -1.97. The first-order valence-corrected chi connectivity index (χ1v) is 6.08. The number of nitrogens with two attached hydrogens (primary N) is 1. The third-order valence-electron chi connectivity index (χ3n) is 2.50. The summed E-state index contributed by atoms with van der Waals surface area (Å²) in [6.45, 7) is 0.474. The van der Waals surface area contributed by atoms with Crippen molar-refractivity contribution in [3.8, 4) is 0 Å². The van der Waals surface area contributed by atoms with Crippen molar-refractivity contribution in [2.24, 2.45) is 0 Å². The SMILES string of the molecule is CNS(=O)(=O)N1CCc2cc(N)ccc21. The molecule has 0 unspecified atom stereocenters. The number of fused-ring (bicyclic) bond motifs is 1. The van der Waals surface area contributed by atoms with E-state index < -0.39 is 10.2 Å². The van der Waals surface area contributed by atoms with Gasteiger partial charge in [-0.2, -0.15) is 8.42 Å². The minimum Gasteiger partial charge on any atom is -0.399 e. The topological polar surface area (TPSA) is 75.4 Å². The molecule has 0 aliphatic carbocycles. The maximum Gasteiger partial charge on any atom is 0.301 e. The highest BCUT2D eigenvalue weighted by molar-refractivity contribution is 7.90. The highest BCUT2D eigenvalue weighted by Crippen LogP contribution is 2.30. The Morgan fingerprint density at radius 2 is 2.20 bits per heavy atom. The molecule has 0 radical (unpaired) electrons. The Bertz CT molecular complexity index is 484. The Labute approximate surface area is 89.1 Å². The van der Waals surface area contributed by atoms with E-state index in [9.17, 15) is 8.42 Å². The molecule has 1 aromatic rings. The second-order valence-corrected chi connectivity index (χ2v) is 5.22. The van der Waals surface area contributed by atoms with E-state index in [0.29, 0.717) is 18.7 Å². The van der Waals surface area contributed by atoms with Crippen LogP contribution in [-0.4, -0.2) is 22.0 Å². The molecule has 0 spiro atoms. The summed E-state index contributed by atoms with van der Waals surface area (Å²) in [6.07, 6.45) is 0.710. The van der Waals surface area contributed by atoms with Crippen molar-refractivity contribution in [3.63, 3.8) is 0 Å². The normalized spacial score (nSPS) is 15.4. The first kappa shape index (κ1) is 10.3. The molecule has 0 saturated heterocycles. The van der Waals surface area contributed by atoms with Gasteiger partial charge in [0.25, 0.3) is 0 Å². The number of nitrogen functional groups attached to an aromatic ring is 1. The molecule has 0 saturated carbocycles. The van der Waals surface area contributed by atoms with E-state index in [0.717, 1.165) is 11.3 Å². The summed E-state index contributed by atoms with van der Waals surface area (Å²) >= 11 is 0. The summed E-state index contributed by atoms with van der Waals surface area (Å²) < 4.78 is 26.9. The number of hydrogen-bond acceptors (Lipinski definition) is 3. The molecular weight excluding hydrogens is 214 g/mol. The maximum absolute atomic E-state index is 11.6. The molecule has 15 heavy (non-hydrogen) atoms. The summed E-state index contributed by atoms with van der Waals surface area (Å²) in [5.74, 6) is 0. The van der Waals surface area contributed by atoms with Gasteiger partial charge in [0.2, 0.25) is 0 Å². The van der Waals surface area contributed by atoms with Crippen LogP contribution in [0.3, 0.4) is 0 Å². The molecule has 1 aliphatic heterocycles. The van der Waals surface area contributed by atoms with E-state index in [2.05, 4.69) is 4.72 Å². The molecule has 0 atom stereocenters. The molecule has 0 amide bonds. The lowest BCUT2D eigenvalue weighted by Gasteiger charge is -2.18. The molecule has 6 heteroatoms. The average molecular weight is 227 g/mol. The van der Waals surface area contributed by atoms with Gasteiger partial charge in [0.05, 0.1) is 5.69 Å². The number of nitrogens with one attached hydrogen (secondary N) is 1. The smallest absolute Gasteiger partial charge is 0.301 e. The Hall–Kier alpha value is -1.27. The standard InChI is InChI=1S/C9H13N3O2S/c1-11-15(13,14)12-5-4-7-6-8(10)2-3-9(7)12/h2-3,6,11H,4-5,10H2,1H3. The lowest BCUT2D eigenvalue weighted by molar-refractivity contribution is 0.584. The minimum atomic E-state index is -3.38. The Morgan fingerprint density at radius 1 is 1.47 bits per heavy atom. The average Bonchev–Trinajstić information content (AvgIpc) is 2.61. The first-order chi connectivity index (χ1) is 7.04. The Balaban J connectivity index is 2.46. The number of nitrogens with zero attached hydrogens (tertiary/aromatic N) is 1. The number of anilines is 2. The van der Waals surface area contributed by atoms with Crippen LogP contribution < -0.4 is 14.8 Å². The fourth-order valence-corrected chi connectivity index (χ4v) is 2.74. The zero-order valence-corrected chi connectivity index (χ0v) is 9.21. The zero-order valence-electron chi connectivity index (χ0n) is 8.40. The highest BCUT2D eigenvalue weighted by atomic mass is 32.2. The van der Waals surface area contributed by atoms with Crippen molar-refractivity contribution >= 4 is 21.6 Å². The van der Waals surface area contributed by atoms with Crippen LogP contribution >= 0.6 is 0 Å². The van der Waals surface area contributed by atoms with Crippen molar-refractivity contribution in [3.05, 3.63) is 23.8 Å². The van der Waals surface area contributed by atoms with E-state index in [1.54, 1.807) is 12.1 Å². The number of hydrogen-bond donors (Lipinski definition) is 2. The largest absolute Gasteiger partial charge is 0.399 e. The van der Waals surface area contributed by atoms with Crippen molar-refractivity contribution < 1.29 is 8.42 Å². The molecule has 5 nitrogen and oxygen atoms in total. The monoisotopic (exact) mass is 227 g/mol. The van der Waals surface area contributed by atoms with E-state index in [-0.39, 0.29) is 0 Å². The fraction of sp³-hybridized carbons (Fsp3) is 0.333. The van der Waals surface area contributed by atoms with Crippen molar-refractivity contribution in [1.29, 1.82) is 0 Å². The summed E-state index contributed by atoms with van der Waals surface area (Å²) in [5.41, 5.74) is 8.00. The first-order valence-electron chi connectivity index (χ1n) is 4.64. The molecule has 0 bridgehead atoms. The zero-order chi connectivity index (χ0) is 11.1. The molecule has 0 aromatic heterocycles. The molecule has 2 rings (SSSR count). The maximum atomic E-state index is 11.6. The third kappa shape index (κ3) is 1.66. The van der Waals surface area contributed by atoms with Gasteiger partial charge >= 0.3 is 10.2 Å². The summed E-state index contributed by atoms with van der Waals surface area (Å²) in [4.78, 5) is 0. The van der Waals surface area contributed by atoms with E-state index in [1.807, 2.05) is 6.07 Å². The van der Waals surface area contributed by atoms with Crippen LogP contribution in [0.25, 0.3) is 0 Å². The van der Waals surface area contributed by atoms with Gasteiger partial charge < -0.3 is 5.73 Å². The minimum absolute atomic E-state index is 0.474. The van der Waals surface area contributed by atoms with Crippen LogP contribution in [0.4, 0.5) is 11.4 Å². The van der Waals surface area contributed by atoms with Crippen molar-refractivity contribution in [1.82, 2.24) is 4.72 Å². The second-order valence-electron chi connectivity index (χ2n) is 3.42. The molecular formula is C9H13N3O2S. The predicted octanol–water partition coefficient (Wildman–Crippen LogP) is 0.0955. The summed E-state index contributed by atoms with van der Waals surface area (Å²) in [5, 5.41) is 0. The second kappa shape index (κ2) is 3.39. The lowest BCUT2D eigenvalue weighted by atomic mass is 10.1. The van der Waals surface area contributed by atoms with Gasteiger partial charge in [-0.3, -0.25) is 4.31 Å². The van der Waals surface area contributed by atoms with Gasteiger partial charge in [0.15, 0.2) is 0 Å². The van der Waals surface area contributed by atoms with Crippen LogP contribution in [0.15, 0.2) is 18.2 Å². The Morgan fingerprint density at radius 3 is 2.87 bits per heavy atom. The van der Waals surface area contributed by atoms with Gasteiger partial charge in [-0.05, 0) is 30.2 Å². The molecule has 0 fully saturated rings. The van der Waals surface area contributed by atoms with Crippen LogP contribution in [0, 0.1) is 0 Å². The van der Waals surface area contributed by atoms with Crippen molar-refractivity contribution in [2.45, 2.75) is 6.42 Å². The molecule has 1 aliphatic rings. The van der Waals surface area contributed by atoms with E-state index >= 15 is 0 Å². The van der Waals surface area contributed by atoms with Crippen LogP contribution in [0.2, 0.25) is 0 Å². The molecule has 3 N–H and O–H groups in total. The van der Waals surface area contributed by atoms with Gasteiger partial charge in [-0.15, -0.1) is 0 Å². The van der Waals surface area contributed by atoms with E-state index in [4.69, 9.17) is 5.73 Å². The summed E-state index contributed by atoms with van der Waals surface area (Å²) in [6, 6.07) is 5.27. The number of benzene rings is 1. The van der Waals surface area contributed by atoms with Gasteiger partial charge in [-0.25, -0.2) is 4.72 Å². The highest BCUT2D eigenvalue weighted by Gasteiger charge is 2.27. The fourth-order valence-electron chi connectivity index (χ4n) is 1.75. The quantitative estimate of drug-likeness (QED) is 0.703. The number of rotatable bonds is 2. The molecule has 82 valence electrons. The molecule has 1 aromatic carbocycles. The van der Waals surface area contributed by atoms with Crippen LogP contribution in [-0.2, 0) is 16.6 Å². The van der Waals surface area contributed by atoms with E-state index in [1.165, 1.54) is 11.4 Å². The Kier molecular flexibility index (Phi) is 2.32. The lowest BCUT2D eigenvalue weighted by Crippen LogP contribution is -2.37. The molecule has 1 heterocycles. The van der Waals surface area contributed by atoms with Gasteiger partial charge in [-0.1, -0.05) is 0 Å². The van der Waals surface area contributed by atoms with Crippen LogP contribution in [0.5, 0.6) is 0 Å². The van der Waals surface area contributed by atoms with Crippen molar-refractivity contribution in [2.75, 3.05) is 23.6 Å². The third-order valence-corrected chi connectivity index (χ3v) is 3.98. The van der Waals surface area contributed by atoms with Gasteiger partial charge in [0.1, 0.15) is 0 Å². The predicted molar refractivity (Wildman–Crippen MR) is 59.9 cm³/mol.